The summed E-state index contributed by atoms with van der Waals surface area (Å²) >= 11 is 0. The minimum Gasteiger partial charge on any atom is -0.326 e. The first-order valence-corrected chi connectivity index (χ1v) is 5.78. The predicted molar refractivity (Wildman–Crippen MR) is 66.6 cm³/mol. The topological polar surface area (TPSA) is 46.9 Å². The largest absolute Gasteiger partial charge is 0.326 e. The number of carbonyl (C=O) groups excluding carboxylic acids is 1. The maximum Gasteiger partial charge on any atom is 0.226 e. The molecule has 0 fully saturated rings. The lowest BCUT2D eigenvalue weighted by Gasteiger charge is -2.05. The van der Waals surface area contributed by atoms with Gasteiger partial charge in [0.25, 0.3) is 0 Å². The van der Waals surface area contributed by atoms with Crippen molar-refractivity contribution in [2.75, 3.05) is 5.32 Å². The molecule has 2 rings (SSSR count). The van der Waals surface area contributed by atoms with Crippen LogP contribution in [0.4, 0.5) is 14.5 Å². The number of aryl methyl sites for hydroxylation is 2. The summed E-state index contributed by atoms with van der Waals surface area (Å²) in [6, 6.07) is 3.24. The molecular formula is C13H13F2N3O. The Labute approximate surface area is 109 Å². The van der Waals surface area contributed by atoms with Crippen LogP contribution in [0.2, 0.25) is 0 Å². The van der Waals surface area contributed by atoms with E-state index in [1.54, 1.807) is 10.9 Å². The van der Waals surface area contributed by atoms with Gasteiger partial charge in [-0.05, 0) is 24.6 Å². The quantitative estimate of drug-likeness (QED) is 0.923. The van der Waals surface area contributed by atoms with Crippen LogP contribution in [-0.2, 0) is 11.3 Å². The normalized spacial score (nSPS) is 10.5. The van der Waals surface area contributed by atoms with Gasteiger partial charge < -0.3 is 5.32 Å². The lowest BCUT2D eigenvalue weighted by atomic mass is 10.3. The van der Waals surface area contributed by atoms with Crippen molar-refractivity contribution in [2.24, 2.45) is 0 Å². The number of nitrogens with zero attached hydrogens (tertiary/aromatic N) is 2. The number of hydrogen-bond donors (Lipinski definition) is 1. The zero-order valence-electron chi connectivity index (χ0n) is 10.4. The summed E-state index contributed by atoms with van der Waals surface area (Å²) < 4.78 is 27.3. The number of hydrogen-bond acceptors (Lipinski definition) is 2. The van der Waals surface area contributed by atoms with E-state index < -0.39 is 11.6 Å². The van der Waals surface area contributed by atoms with Crippen LogP contribution in [0.25, 0.3) is 0 Å². The van der Waals surface area contributed by atoms with E-state index in [0.29, 0.717) is 6.54 Å². The van der Waals surface area contributed by atoms with E-state index >= 15 is 0 Å². The highest BCUT2D eigenvalue weighted by atomic mass is 19.2. The highest BCUT2D eigenvalue weighted by Crippen LogP contribution is 2.13. The highest BCUT2D eigenvalue weighted by molar-refractivity contribution is 5.90. The van der Waals surface area contributed by atoms with Gasteiger partial charge in [-0.1, -0.05) is 0 Å². The monoisotopic (exact) mass is 265 g/mol. The Morgan fingerprint density at radius 1 is 1.37 bits per heavy atom. The second-order valence-corrected chi connectivity index (χ2v) is 4.21. The molecule has 0 aliphatic rings. The predicted octanol–water partition coefficient (Wildman–Crippen LogP) is 2.50. The van der Waals surface area contributed by atoms with Gasteiger partial charge in [0.05, 0.1) is 6.20 Å². The molecule has 0 saturated carbocycles. The van der Waals surface area contributed by atoms with Crippen molar-refractivity contribution in [3.05, 3.63) is 47.8 Å². The van der Waals surface area contributed by atoms with Crippen LogP contribution in [0, 0.1) is 18.6 Å². The number of carbonyl (C=O) groups is 1. The smallest absolute Gasteiger partial charge is 0.226 e. The first kappa shape index (κ1) is 13.2. The van der Waals surface area contributed by atoms with Crippen molar-refractivity contribution in [1.29, 1.82) is 0 Å². The van der Waals surface area contributed by atoms with Crippen LogP contribution in [-0.4, -0.2) is 15.7 Å². The van der Waals surface area contributed by atoms with E-state index in [0.717, 1.165) is 17.7 Å². The van der Waals surface area contributed by atoms with E-state index in [-0.39, 0.29) is 18.0 Å². The lowest BCUT2D eigenvalue weighted by molar-refractivity contribution is -0.116. The highest BCUT2D eigenvalue weighted by Gasteiger charge is 2.06. The van der Waals surface area contributed by atoms with E-state index in [4.69, 9.17) is 0 Å². The molecule has 0 bridgehead atoms. The maximum atomic E-state index is 12.9. The molecule has 100 valence electrons. The van der Waals surface area contributed by atoms with Crippen LogP contribution in [0.5, 0.6) is 0 Å². The average molecular weight is 265 g/mol. The Balaban J connectivity index is 1.88. The third-order valence-electron chi connectivity index (χ3n) is 2.53. The Kier molecular flexibility index (Phi) is 3.89. The zero-order valence-corrected chi connectivity index (χ0v) is 10.4. The van der Waals surface area contributed by atoms with Gasteiger partial charge in [-0.3, -0.25) is 9.48 Å². The van der Waals surface area contributed by atoms with Crippen molar-refractivity contribution in [3.8, 4) is 0 Å². The van der Waals surface area contributed by atoms with Gasteiger partial charge in [0, 0.05) is 30.9 Å². The fourth-order valence-corrected chi connectivity index (χ4v) is 1.60. The SMILES string of the molecule is Cc1cnn(CCC(=O)Nc2ccc(F)c(F)c2)c1. The first-order valence-electron chi connectivity index (χ1n) is 5.78. The van der Waals surface area contributed by atoms with Gasteiger partial charge in [-0.25, -0.2) is 8.78 Å². The van der Waals surface area contributed by atoms with Gasteiger partial charge >= 0.3 is 0 Å². The number of aromatic nitrogens is 2. The molecule has 2 aromatic rings. The number of rotatable bonds is 4. The lowest BCUT2D eigenvalue weighted by Crippen LogP contribution is -2.14. The number of halogens is 2. The Morgan fingerprint density at radius 2 is 2.16 bits per heavy atom. The minimum absolute atomic E-state index is 0.208. The summed E-state index contributed by atoms with van der Waals surface area (Å²) in [6.45, 7) is 2.34. The molecule has 0 spiro atoms. The molecule has 1 aromatic carbocycles. The standard InChI is InChI=1S/C13H13F2N3O/c1-9-7-16-18(8-9)5-4-13(19)17-10-2-3-11(14)12(15)6-10/h2-3,6-8H,4-5H2,1H3,(H,17,19). The fourth-order valence-electron chi connectivity index (χ4n) is 1.60. The Hall–Kier alpha value is -2.24. The Bertz CT molecular complexity index is 595. The van der Waals surface area contributed by atoms with Crippen LogP contribution < -0.4 is 5.32 Å². The van der Waals surface area contributed by atoms with Gasteiger partial charge in [0.1, 0.15) is 0 Å². The molecule has 0 aliphatic heterocycles. The molecule has 19 heavy (non-hydrogen) atoms. The second kappa shape index (κ2) is 5.60. The molecule has 0 atom stereocenters. The van der Waals surface area contributed by atoms with Gasteiger partial charge in [0.2, 0.25) is 5.91 Å². The molecular weight excluding hydrogens is 252 g/mol. The molecule has 6 heteroatoms. The van der Waals surface area contributed by atoms with Crippen LogP contribution >= 0.6 is 0 Å². The van der Waals surface area contributed by atoms with E-state index in [2.05, 4.69) is 10.4 Å². The summed E-state index contributed by atoms with van der Waals surface area (Å²) in [4.78, 5) is 11.6. The first-order chi connectivity index (χ1) is 9.04. The summed E-state index contributed by atoms with van der Waals surface area (Å²) in [7, 11) is 0. The molecule has 4 nitrogen and oxygen atoms in total. The summed E-state index contributed by atoms with van der Waals surface area (Å²) in [5.74, 6) is -2.20. The van der Waals surface area contributed by atoms with Crippen LogP contribution in [0.1, 0.15) is 12.0 Å². The van der Waals surface area contributed by atoms with E-state index in [1.807, 2.05) is 13.1 Å². The summed E-state index contributed by atoms with van der Waals surface area (Å²) in [5.41, 5.74) is 1.25. The average Bonchev–Trinajstić information content (AvgIpc) is 2.77. The number of anilines is 1. The number of benzene rings is 1. The van der Waals surface area contributed by atoms with Gasteiger partial charge in [-0.2, -0.15) is 5.10 Å². The molecule has 1 amide bonds. The minimum atomic E-state index is -0.986. The molecule has 1 N–H and O–H groups in total. The maximum absolute atomic E-state index is 12.9. The van der Waals surface area contributed by atoms with Crippen molar-refractivity contribution in [2.45, 2.75) is 19.9 Å². The van der Waals surface area contributed by atoms with E-state index in [1.165, 1.54) is 6.07 Å². The molecule has 0 unspecified atom stereocenters. The molecule has 0 radical (unpaired) electrons. The summed E-state index contributed by atoms with van der Waals surface area (Å²) in [5, 5.41) is 6.55. The van der Waals surface area contributed by atoms with E-state index in [9.17, 15) is 13.6 Å². The van der Waals surface area contributed by atoms with Gasteiger partial charge in [-0.15, -0.1) is 0 Å². The second-order valence-electron chi connectivity index (χ2n) is 4.21. The Morgan fingerprint density at radius 3 is 2.79 bits per heavy atom. The number of amides is 1. The molecule has 0 saturated heterocycles. The molecule has 0 aliphatic carbocycles. The molecule has 1 aromatic heterocycles. The van der Waals surface area contributed by atoms with Crippen LogP contribution in [0.15, 0.2) is 30.6 Å². The molecule has 1 heterocycles. The third kappa shape index (κ3) is 3.61. The third-order valence-corrected chi connectivity index (χ3v) is 2.53. The van der Waals surface area contributed by atoms with Crippen molar-refractivity contribution in [3.63, 3.8) is 0 Å². The van der Waals surface area contributed by atoms with Gasteiger partial charge in [0.15, 0.2) is 11.6 Å². The van der Waals surface area contributed by atoms with Crippen molar-refractivity contribution >= 4 is 11.6 Å². The summed E-state index contributed by atoms with van der Waals surface area (Å²) in [6.07, 6.45) is 3.73. The van der Waals surface area contributed by atoms with Crippen LogP contribution in [0.3, 0.4) is 0 Å². The number of nitrogens with one attached hydrogen (secondary N) is 1. The van der Waals surface area contributed by atoms with Crippen molar-refractivity contribution in [1.82, 2.24) is 9.78 Å². The van der Waals surface area contributed by atoms with Crippen molar-refractivity contribution < 1.29 is 13.6 Å². The fraction of sp³-hybridized carbons (Fsp3) is 0.231. The zero-order chi connectivity index (χ0) is 13.8.